The first-order valence-corrected chi connectivity index (χ1v) is 4.48. The molecule has 2 N–H and O–H groups in total. The molecule has 0 aliphatic heterocycles. The molecule has 0 saturated heterocycles. The Labute approximate surface area is 86.3 Å². The number of hydrogen-bond donors (Lipinski definition) is 1. The summed E-state index contributed by atoms with van der Waals surface area (Å²) in [5, 5.41) is 4.51. The van der Waals surface area contributed by atoms with E-state index < -0.39 is 0 Å². The Kier molecular flexibility index (Phi) is 2.13. The minimum Gasteiger partial charge on any atom is -0.396 e. The molecule has 2 aromatic heterocycles. The number of pyridine rings is 1. The monoisotopic (exact) mass is 208 g/mol. The van der Waals surface area contributed by atoms with E-state index in [0.717, 1.165) is 5.56 Å². The molecule has 0 radical (unpaired) electrons. The molecule has 0 saturated carbocycles. The Balaban J connectivity index is 2.55. The van der Waals surface area contributed by atoms with Crippen LogP contribution in [0.1, 0.15) is 5.56 Å². The molecule has 72 valence electrons. The lowest BCUT2D eigenvalue weighted by molar-refractivity contribution is 0.850. The molecule has 0 spiro atoms. The minimum absolute atomic E-state index is 0.405. The van der Waals surface area contributed by atoms with Gasteiger partial charge in [-0.3, -0.25) is 0 Å². The van der Waals surface area contributed by atoms with Crippen molar-refractivity contribution in [1.29, 1.82) is 0 Å². The number of nitrogens with zero attached hydrogens (tertiary/aromatic N) is 3. The fraction of sp³-hybridized carbons (Fsp3) is 0.111. The first-order chi connectivity index (χ1) is 6.66. The van der Waals surface area contributed by atoms with Crippen LogP contribution in [-0.2, 0) is 0 Å². The summed E-state index contributed by atoms with van der Waals surface area (Å²) in [6.07, 6.45) is 3.58. The predicted molar refractivity (Wildman–Crippen MR) is 55.5 cm³/mol. The smallest absolute Gasteiger partial charge is 0.178 e. The SMILES string of the molecule is Cc1cnn(-c2nc(Cl)ccc2N)c1. The maximum absolute atomic E-state index is 5.77. The molecule has 0 fully saturated rings. The van der Waals surface area contributed by atoms with E-state index in [9.17, 15) is 0 Å². The van der Waals surface area contributed by atoms with E-state index in [4.69, 9.17) is 17.3 Å². The molecule has 2 aromatic rings. The summed E-state index contributed by atoms with van der Waals surface area (Å²) in [7, 11) is 0. The van der Waals surface area contributed by atoms with Crippen molar-refractivity contribution in [1.82, 2.24) is 14.8 Å². The number of nitrogens with two attached hydrogens (primary N) is 1. The van der Waals surface area contributed by atoms with E-state index in [1.807, 2.05) is 13.1 Å². The molecule has 2 heterocycles. The van der Waals surface area contributed by atoms with Crippen molar-refractivity contribution in [3.05, 3.63) is 35.2 Å². The van der Waals surface area contributed by atoms with E-state index in [1.165, 1.54) is 0 Å². The highest BCUT2D eigenvalue weighted by atomic mass is 35.5. The third kappa shape index (κ3) is 1.56. The summed E-state index contributed by atoms with van der Waals surface area (Å²) in [6, 6.07) is 3.36. The van der Waals surface area contributed by atoms with Crippen LogP contribution in [0.15, 0.2) is 24.5 Å². The predicted octanol–water partition coefficient (Wildman–Crippen LogP) is 1.81. The molecular formula is C9H9ClN4. The van der Waals surface area contributed by atoms with E-state index >= 15 is 0 Å². The fourth-order valence-corrected chi connectivity index (χ4v) is 1.29. The zero-order valence-electron chi connectivity index (χ0n) is 7.61. The first-order valence-electron chi connectivity index (χ1n) is 4.10. The van der Waals surface area contributed by atoms with Crippen molar-refractivity contribution < 1.29 is 0 Å². The number of rotatable bonds is 1. The number of aryl methyl sites for hydroxylation is 1. The van der Waals surface area contributed by atoms with Gasteiger partial charge in [-0.1, -0.05) is 11.6 Å². The van der Waals surface area contributed by atoms with Gasteiger partial charge in [0.15, 0.2) is 5.82 Å². The Morgan fingerprint density at radius 2 is 2.21 bits per heavy atom. The number of hydrogen-bond acceptors (Lipinski definition) is 3. The van der Waals surface area contributed by atoms with Gasteiger partial charge in [0.25, 0.3) is 0 Å². The second-order valence-corrected chi connectivity index (χ2v) is 3.40. The van der Waals surface area contributed by atoms with Crippen molar-refractivity contribution in [3.63, 3.8) is 0 Å². The molecular weight excluding hydrogens is 200 g/mol. The Hall–Kier alpha value is -1.55. The normalized spacial score (nSPS) is 10.4. The molecule has 0 atom stereocenters. The van der Waals surface area contributed by atoms with Crippen molar-refractivity contribution in [2.75, 3.05) is 5.73 Å². The topological polar surface area (TPSA) is 56.7 Å². The lowest BCUT2D eigenvalue weighted by Crippen LogP contribution is -2.02. The molecule has 14 heavy (non-hydrogen) atoms. The summed E-state index contributed by atoms with van der Waals surface area (Å²) in [6.45, 7) is 1.95. The Bertz CT molecular complexity index is 464. The van der Waals surface area contributed by atoms with Gasteiger partial charge in [0.1, 0.15) is 5.15 Å². The number of aromatic nitrogens is 3. The number of nitrogen functional groups attached to an aromatic ring is 1. The average Bonchev–Trinajstić information content (AvgIpc) is 2.56. The van der Waals surface area contributed by atoms with Crippen LogP contribution in [0.4, 0.5) is 5.69 Å². The van der Waals surface area contributed by atoms with Crippen LogP contribution in [-0.4, -0.2) is 14.8 Å². The fourth-order valence-electron chi connectivity index (χ4n) is 1.15. The zero-order valence-corrected chi connectivity index (χ0v) is 8.36. The van der Waals surface area contributed by atoms with Crippen LogP contribution in [0.5, 0.6) is 0 Å². The molecule has 0 aliphatic rings. The standard InChI is InChI=1S/C9H9ClN4/c1-6-4-12-14(5-6)9-7(11)2-3-8(10)13-9/h2-5H,11H2,1H3. The Morgan fingerprint density at radius 1 is 1.43 bits per heavy atom. The van der Waals surface area contributed by atoms with Crippen LogP contribution in [0.3, 0.4) is 0 Å². The largest absolute Gasteiger partial charge is 0.396 e. The maximum atomic E-state index is 5.77. The van der Waals surface area contributed by atoms with E-state index in [0.29, 0.717) is 16.7 Å². The molecule has 0 bridgehead atoms. The number of anilines is 1. The summed E-state index contributed by atoms with van der Waals surface area (Å²) < 4.78 is 1.61. The van der Waals surface area contributed by atoms with Crippen molar-refractivity contribution in [3.8, 4) is 5.82 Å². The third-order valence-corrected chi connectivity index (χ3v) is 2.01. The van der Waals surface area contributed by atoms with Crippen LogP contribution >= 0.6 is 11.6 Å². The van der Waals surface area contributed by atoms with Gasteiger partial charge in [-0.2, -0.15) is 5.10 Å². The van der Waals surface area contributed by atoms with Gasteiger partial charge in [-0.25, -0.2) is 9.67 Å². The summed E-state index contributed by atoms with van der Waals surface area (Å²) >= 11 is 5.77. The highest BCUT2D eigenvalue weighted by molar-refractivity contribution is 6.29. The molecule has 0 unspecified atom stereocenters. The van der Waals surface area contributed by atoms with Crippen LogP contribution in [0.25, 0.3) is 5.82 Å². The second-order valence-electron chi connectivity index (χ2n) is 3.01. The second kappa shape index (κ2) is 3.31. The molecule has 2 rings (SSSR count). The van der Waals surface area contributed by atoms with Crippen molar-refractivity contribution >= 4 is 17.3 Å². The Morgan fingerprint density at radius 3 is 2.86 bits per heavy atom. The van der Waals surface area contributed by atoms with Gasteiger partial charge in [0.2, 0.25) is 0 Å². The van der Waals surface area contributed by atoms with Gasteiger partial charge in [0, 0.05) is 6.20 Å². The highest BCUT2D eigenvalue weighted by Gasteiger charge is 2.05. The summed E-state index contributed by atoms with van der Waals surface area (Å²) in [5.41, 5.74) is 7.35. The number of halogens is 1. The van der Waals surface area contributed by atoms with Gasteiger partial charge >= 0.3 is 0 Å². The van der Waals surface area contributed by atoms with Crippen LogP contribution in [0.2, 0.25) is 5.15 Å². The van der Waals surface area contributed by atoms with E-state index in [2.05, 4.69) is 10.1 Å². The van der Waals surface area contributed by atoms with Gasteiger partial charge in [-0.15, -0.1) is 0 Å². The maximum Gasteiger partial charge on any atom is 0.178 e. The third-order valence-electron chi connectivity index (χ3n) is 1.80. The van der Waals surface area contributed by atoms with Gasteiger partial charge < -0.3 is 5.73 Å². The highest BCUT2D eigenvalue weighted by Crippen LogP contribution is 2.17. The van der Waals surface area contributed by atoms with E-state index in [1.54, 1.807) is 23.0 Å². The molecule has 0 aromatic carbocycles. The van der Waals surface area contributed by atoms with Gasteiger partial charge in [-0.05, 0) is 24.6 Å². The summed E-state index contributed by atoms with van der Waals surface area (Å²) in [4.78, 5) is 4.10. The van der Waals surface area contributed by atoms with Crippen molar-refractivity contribution in [2.45, 2.75) is 6.92 Å². The average molecular weight is 209 g/mol. The first kappa shape index (κ1) is 9.02. The lowest BCUT2D eigenvalue weighted by Gasteiger charge is -2.03. The van der Waals surface area contributed by atoms with Crippen LogP contribution in [0, 0.1) is 6.92 Å². The minimum atomic E-state index is 0.405. The summed E-state index contributed by atoms with van der Waals surface area (Å²) in [5.74, 6) is 0.561. The van der Waals surface area contributed by atoms with E-state index in [-0.39, 0.29) is 0 Å². The van der Waals surface area contributed by atoms with Crippen LogP contribution < -0.4 is 5.73 Å². The molecule has 0 amide bonds. The molecule has 0 aliphatic carbocycles. The quantitative estimate of drug-likeness (QED) is 0.728. The van der Waals surface area contributed by atoms with Gasteiger partial charge in [0.05, 0.1) is 11.9 Å². The molecule has 5 heteroatoms. The molecule has 4 nitrogen and oxygen atoms in total. The zero-order chi connectivity index (χ0) is 10.1. The van der Waals surface area contributed by atoms with Crippen molar-refractivity contribution in [2.24, 2.45) is 0 Å². The lowest BCUT2D eigenvalue weighted by atomic mass is 10.4.